The monoisotopic (exact) mass is 491 g/mol. The lowest BCUT2D eigenvalue weighted by Crippen LogP contribution is -2.50. The highest BCUT2D eigenvalue weighted by molar-refractivity contribution is 7.89. The van der Waals surface area contributed by atoms with Crippen LogP contribution in [0.1, 0.15) is 51.5 Å². The highest BCUT2D eigenvalue weighted by atomic mass is 32.2. The summed E-state index contributed by atoms with van der Waals surface area (Å²) < 4.78 is 39.4. The van der Waals surface area contributed by atoms with Gasteiger partial charge in [0.05, 0.1) is 23.5 Å². The lowest BCUT2D eigenvalue weighted by atomic mass is 9.86. The topological polar surface area (TPSA) is 96.5 Å². The van der Waals surface area contributed by atoms with Gasteiger partial charge in [0.15, 0.2) is 5.79 Å². The van der Waals surface area contributed by atoms with Crippen molar-refractivity contribution in [1.82, 2.24) is 9.21 Å². The fraction of sp³-hybridized carbons (Fsp3) is 0.667. The highest BCUT2D eigenvalue weighted by Crippen LogP contribution is 2.43. The molecule has 0 aromatic heterocycles. The molecule has 2 amide bonds. The van der Waals surface area contributed by atoms with E-state index >= 15 is 0 Å². The second-order valence-electron chi connectivity index (χ2n) is 10.1. The van der Waals surface area contributed by atoms with Crippen LogP contribution in [0, 0.1) is 0 Å². The molecule has 1 aromatic rings. The number of carbonyl (C=O) groups is 2. The molecule has 0 bridgehead atoms. The molecule has 0 atom stereocenters. The van der Waals surface area contributed by atoms with Gasteiger partial charge in [0, 0.05) is 44.7 Å². The molecule has 10 heteroatoms. The number of sulfonamides is 1. The van der Waals surface area contributed by atoms with Gasteiger partial charge >= 0.3 is 0 Å². The number of carbonyl (C=O) groups excluding carboxylic acids is 2. The molecule has 3 fully saturated rings. The quantitative estimate of drug-likeness (QED) is 0.638. The Labute approximate surface area is 201 Å². The van der Waals surface area contributed by atoms with Gasteiger partial charge in [0.1, 0.15) is 6.54 Å². The minimum absolute atomic E-state index is 0.0673. The van der Waals surface area contributed by atoms with Crippen LogP contribution in [0.4, 0.5) is 5.69 Å². The third-order valence-electron chi connectivity index (χ3n) is 7.65. The Bertz CT molecular complexity index is 1080. The summed E-state index contributed by atoms with van der Waals surface area (Å²) in [6, 6.07) is 4.87. The van der Waals surface area contributed by atoms with E-state index in [9.17, 15) is 18.0 Å². The molecule has 0 N–H and O–H groups in total. The van der Waals surface area contributed by atoms with Gasteiger partial charge in [0.2, 0.25) is 21.8 Å². The number of amides is 2. The van der Waals surface area contributed by atoms with Crippen LogP contribution in [0.25, 0.3) is 0 Å². The van der Waals surface area contributed by atoms with Gasteiger partial charge in [-0.2, -0.15) is 4.31 Å². The van der Waals surface area contributed by atoms with Gasteiger partial charge < -0.3 is 19.3 Å². The Morgan fingerprint density at radius 2 is 1.65 bits per heavy atom. The van der Waals surface area contributed by atoms with Gasteiger partial charge in [-0.1, -0.05) is 6.42 Å². The van der Waals surface area contributed by atoms with Crippen molar-refractivity contribution in [3.05, 3.63) is 23.8 Å². The van der Waals surface area contributed by atoms with Crippen LogP contribution in [0.3, 0.4) is 0 Å². The van der Waals surface area contributed by atoms with Gasteiger partial charge in [-0.25, -0.2) is 8.42 Å². The van der Waals surface area contributed by atoms with Crippen LogP contribution < -0.4 is 4.90 Å². The molecule has 0 aliphatic carbocycles. The number of hydrogen-bond donors (Lipinski definition) is 0. The largest absolute Gasteiger partial charge is 0.347 e. The number of piperidine rings is 2. The number of rotatable bonds is 4. The fourth-order valence-electron chi connectivity index (χ4n) is 5.50. The molecule has 0 saturated carbocycles. The maximum atomic E-state index is 13.3. The molecule has 0 radical (unpaired) electrons. The summed E-state index contributed by atoms with van der Waals surface area (Å²) in [5.41, 5.74) is 0.339. The second-order valence-corrected chi connectivity index (χ2v) is 12.1. The summed E-state index contributed by atoms with van der Waals surface area (Å²) in [5, 5.41) is 0. The average molecular weight is 492 g/mol. The first kappa shape index (κ1) is 23.7. The standard InChI is InChI=1S/C24H33N3O6S/c1-23(2)19-16-18(34(30,31)26-10-4-3-5-11-26)6-7-20(19)27(22(23)29)17-21(28)25-12-8-24(9-13-25)32-14-15-33-24/h6-7,16H,3-5,8-15,17H2,1-2H3. The lowest BCUT2D eigenvalue weighted by Gasteiger charge is -2.38. The smallest absolute Gasteiger partial charge is 0.243 e. The van der Waals surface area contributed by atoms with Crippen LogP contribution in [0.5, 0.6) is 0 Å². The average Bonchev–Trinajstić information content (AvgIpc) is 3.36. The number of fused-ring (bicyclic) bond motifs is 1. The maximum Gasteiger partial charge on any atom is 0.243 e. The normalized spacial score (nSPS) is 24.6. The van der Waals surface area contributed by atoms with E-state index in [4.69, 9.17) is 9.47 Å². The molecular weight excluding hydrogens is 458 g/mol. The minimum atomic E-state index is -3.62. The molecule has 4 aliphatic rings. The molecule has 3 saturated heterocycles. The van der Waals surface area contributed by atoms with E-state index in [1.165, 1.54) is 9.21 Å². The number of likely N-dealkylation sites (tertiary alicyclic amines) is 1. The Morgan fingerprint density at radius 1 is 1.00 bits per heavy atom. The predicted molar refractivity (Wildman–Crippen MR) is 125 cm³/mol. The number of benzene rings is 1. The summed E-state index contributed by atoms with van der Waals surface area (Å²) >= 11 is 0. The summed E-state index contributed by atoms with van der Waals surface area (Å²) in [7, 11) is -3.62. The Morgan fingerprint density at radius 3 is 2.29 bits per heavy atom. The summed E-state index contributed by atoms with van der Waals surface area (Å²) in [6.45, 7) is 6.75. The van der Waals surface area contributed by atoms with E-state index in [1.807, 2.05) is 0 Å². The van der Waals surface area contributed by atoms with E-state index in [0.29, 0.717) is 63.5 Å². The van der Waals surface area contributed by atoms with Crippen molar-refractivity contribution in [2.24, 2.45) is 0 Å². The van der Waals surface area contributed by atoms with Crippen molar-refractivity contribution in [2.45, 2.75) is 62.0 Å². The van der Waals surface area contributed by atoms with Crippen molar-refractivity contribution >= 4 is 27.5 Å². The molecule has 4 heterocycles. The first-order valence-electron chi connectivity index (χ1n) is 12.2. The van der Waals surface area contributed by atoms with Crippen molar-refractivity contribution in [3.8, 4) is 0 Å². The van der Waals surface area contributed by atoms with Crippen LogP contribution >= 0.6 is 0 Å². The Balaban J connectivity index is 1.35. The van der Waals surface area contributed by atoms with Gasteiger partial charge in [-0.05, 0) is 50.5 Å². The number of anilines is 1. The van der Waals surface area contributed by atoms with E-state index in [-0.39, 0.29) is 23.3 Å². The maximum absolute atomic E-state index is 13.3. The fourth-order valence-corrected chi connectivity index (χ4v) is 7.05. The van der Waals surface area contributed by atoms with Crippen molar-refractivity contribution in [3.63, 3.8) is 0 Å². The summed E-state index contributed by atoms with van der Waals surface area (Å²) in [6.07, 6.45) is 4.00. The zero-order valence-corrected chi connectivity index (χ0v) is 20.7. The number of hydrogen-bond acceptors (Lipinski definition) is 6. The van der Waals surface area contributed by atoms with Gasteiger partial charge in [-0.3, -0.25) is 9.59 Å². The summed E-state index contributed by atoms with van der Waals surface area (Å²) in [4.78, 5) is 29.9. The molecule has 1 aromatic carbocycles. The predicted octanol–water partition coefficient (Wildman–Crippen LogP) is 1.85. The second kappa shape index (κ2) is 8.58. The first-order valence-corrected chi connectivity index (χ1v) is 13.6. The van der Waals surface area contributed by atoms with Crippen molar-refractivity contribution < 1.29 is 27.5 Å². The Kier molecular flexibility index (Phi) is 5.99. The molecule has 34 heavy (non-hydrogen) atoms. The third-order valence-corrected chi connectivity index (χ3v) is 9.54. The molecule has 5 rings (SSSR count). The Hall–Kier alpha value is -2.01. The van der Waals surface area contributed by atoms with Gasteiger partial charge in [0.25, 0.3) is 0 Å². The molecule has 4 aliphatic heterocycles. The lowest BCUT2D eigenvalue weighted by molar-refractivity contribution is -0.187. The number of ether oxygens (including phenoxy) is 2. The molecular formula is C24H33N3O6S. The van der Waals surface area contributed by atoms with Crippen LogP contribution in [0.2, 0.25) is 0 Å². The van der Waals surface area contributed by atoms with E-state index in [0.717, 1.165) is 19.3 Å². The molecule has 0 unspecified atom stereocenters. The summed E-state index contributed by atoms with van der Waals surface area (Å²) in [5.74, 6) is -0.889. The first-order chi connectivity index (χ1) is 16.1. The zero-order chi connectivity index (χ0) is 24.1. The van der Waals surface area contributed by atoms with Crippen molar-refractivity contribution in [1.29, 1.82) is 0 Å². The zero-order valence-electron chi connectivity index (χ0n) is 19.9. The third kappa shape index (κ3) is 3.94. The number of nitrogens with zero attached hydrogens (tertiary/aromatic N) is 3. The van der Waals surface area contributed by atoms with Crippen LogP contribution in [-0.2, 0) is 34.5 Å². The molecule has 1 spiro atoms. The van der Waals surface area contributed by atoms with Crippen LogP contribution in [-0.4, -0.2) is 81.2 Å². The highest BCUT2D eigenvalue weighted by Gasteiger charge is 2.46. The minimum Gasteiger partial charge on any atom is -0.347 e. The van der Waals surface area contributed by atoms with E-state index in [1.54, 1.807) is 36.9 Å². The van der Waals surface area contributed by atoms with Crippen LogP contribution in [0.15, 0.2) is 23.1 Å². The molecule has 9 nitrogen and oxygen atoms in total. The van der Waals surface area contributed by atoms with E-state index < -0.39 is 21.2 Å². The molecule has 186 valence electrons. The van der Waals surface area contributed by atoms with Crippen molar-refractivity contribution in [2.75, 3.05) is 50.8 Å². The van der Waals surface area contributed by atoms with E-state index in [2.05, 4.69) is 0 Å². The SMILES string of the molecule is CC1(C)C(=O)N(CC(=O)N2CCC3(CC2)OCCO3)c2ccc(S(=O)(=O)N3CCCCC3)cc21. The van der Waals surface area contributed by atoms with Gasteiger partial charge in [-0.15, -0.1) is 0 Å².